The molecule has 0 saturated carbocycles. The Bertz CT molecular complexity index is 696. The lowest BCUT2D eigenvalue weighted by atomic mass is 9.87. The molecule has 0 spiro atoms. The van der Waals surface area contributed by atoms with E-state index in [4.69, 9.17) is 0 Å². The van der Waals surface area contributed by atoms with Crippen LogP contribution in [0.5, 0.6) is 0 Å². The minimum absolute atomic E-state index is 0.0801. The molecule has 3 aliphatic carbocycles. The van der Waals surface area contributed by atoms with Crippen LogP contribution in [-0.4, -0.2) is 0 Å². The quantitative estimate of drug-likeness (QED) is 0.513. The van der Waals surface area contributed by atoms with Gasteiger partial charge in [-0.15, -0.1) is 0 Å². The molecule has 5 rings (SSSR count). The zero-order valence-electron chi connectivity index (χ0n) is 14.6. The maximum atomic E-state index is 14.8. The van der Waals surface area contributed by atoms with Crippen molar-refractivity contribution in [3.8, 4) is 0 Å². The molecule has 3 aliphatic rings. The van der Waals surface area contributed by atoms with Crippen LogP contribution in [-0.2, 0) is 38.5 Å². The summed E-state index contributed by atoms with van der Waals surface area (Å²) in [4.78, 5) is 0. The summed E-state index contributed by atoms with van der Waals surface area (Å²) in [5.74, 6) is -5.52. The van der Waals surface area contributed by atoms with Crippen LogP contribution in [0.15, 0.2) is 0 Å². The van der Waals surface area contributed by atoms with Gasteiger partial charge in [0.05, 0.1) is 0 Å². The van der Waals surface area contributed by atoms with Gasteiger partial charge in [-0.05, 0) is 57.8 Å². The first-order valence-electron chi connectivity index (χ1n) is 9.26. The first-order valence-corrected chi connectivity index (χ1v) is 9.26. The molecule has 2 aromatic carbocycles. The standard InChI is InChI=1S/C21H18F6/c22-16-10-4-1-5-11-17(23)13-7-2-6-12(16)20(26)14(18(10)24)8-3-9-15(19(11)25)21(13)27/h1-9H2. The Morgan fingerprint density at radius 3 is 0.593 bits per heavy atom. The molecular formula is C21H18F6. The van der Waals surface area contributed by atoms with Crippen LogP contribution in [0.3, 0.4) is 0 Å². The van der Waals surface area contributed by atoms with Gasteiger partial charge in [-0.3, -0.25) is 0 Å². The lowest BCUT2D eigenvalue weighted by Gasteiger charge is -2.21. The predicted octanol–water partition coefficient (Wildman–Crippen LogP) is 5.67. The van der Waals surface area contributed by atoms with E-state index in [0.717, 1.165) is 0 Å². The number of benzene rings is 2. The van der Waals surface area contributed by atoms with Crippen LogP contribution in [0.25, 0.3) is 0 Å². The van der Waals surface area contributed by atoms with E-state index in [0.29, 0.717) is 0 Å². The molecule has 144 valence electrons. The lowest BCUT2D eigenvalue weighted by Crippen LogP contribution is -2.16. The second-order valence-corrected chi connectivity index (χ2v) is 7.32. The Hall–Kier alpha value is -1.98. The van der Waals surface area contributed by atoms with Crippen molar-refractivity contribution >= 4 is 0 Å². The number of hydrogen-bond acceptors (Lipinski definition) is 0. The molecule has 0 radical (unpaired) electrons. The van der Waals surface area contributed by atoms with Gasteiger partial charge in [-0.25, -0.2) is 26.3 Å². The normalized spacial score (nSPS) is 16.7. The van der Waals surface area contributed by atoms with Crippen LogP contribution < -0.4 is 0 Å². The van der Waals surface area contributed by atoms with E-state index < -0.39 is 34.9 Å². The van der Waals surface area contributed by atoms with E-state index in [9.17, 15) is 26.3 Å². The molecule has 0 saturated heterocycles. The second kappa shape index (κ2) is 6.88. The highest BCUT2D eigenvalue weighted by Crippen LogP contribution is 2.34. The van der Waals surface area contributed by atoms with E-state index in [1.54, 1.807) is 0 Å². The molecule has 0 aromatic heterocycles. The molecule has 0 aliphatic heterocycles. The molecule has 2 aromatic rings. The molecule has 0 nitrogen and oxygen atoms in total. The molecular weight excluding hydrogens is 366 g/mol. The first-order chi connectivity index (χ1) is 12.9. The third-order valence-electron chi connectivity index (χ3n) is 5.74. The van der Waals surface area contributed by atoms with Crippen molar-refractivity contribution in [3.63, 3.8) is 0 Å². The van der Waals surface area contributed by atoms with Gasteiger partial charge in [0.25, 0.3) is 0 Å². The predicted molar refractivity (Wildman–Crippen MR) is 88.7 cm³/mol. The van der Waals surface area contributed by atoms with Crippen molar-refractivity contribution in [1.29, 1.82) is 0 Å². The highest BCUT2D eigenvalue weighted by Gasteiger charge is 2.29. The van der Waals surface area contributed by atoms with Gasteiger partial charge in [0.2, 0.25) is 0 Å². The zero-order chi connectivity index (χ0) is 19.3. The van der Waals surface area contributed by atoms with Gasteiger partial charge >= 0.3 is 0 Å². The van der Waals surface area contributed by atoms with Crippen molar-refractivity contribution in [3.05, 3.63) is 68.3 Å². The third kappa shape index (κ3) is 2.84. The van der Waals surface area contributed by atoms with Crippen LogP contribution in [0.1, 0.15) is 52.6 Å². The molecule has 0 unspecified atom stereocenters. The first kappa shape index (κ1) is 18.4. The zero-order valence-corrected chi connectivity index (χ0v) is 14.6. The van der Waals surface area contributed by atoms with Gasteiger partial charge in [0.15, 0.2) is 0 Å². The summed E-state index contributed by atoms with van der Waals surface area (Å²) >= 11 is 0. The largest absolute Gasteiger partial charge is 0.206 e. The van der Waals surface area contributed by atoms with Gasteiger partial charge in [0.1, 0.15) is 34.9 Å². The van der Waals surface area contributed by atoms with Gasteiger partial charge < -0.3 is 0 Å². The van der Waals surface area contributed by atoms with Crippen LogP contribution in [0.2, 0.25) is 0 Å². The average Bonchev–Trinajstić information content (AvgIpc) is 2.62. The fourth-order valence-corrected chi connectivity index (χ4v) is 4.31. The minimum atomic E-state index is -0.919. The Kier molecular flexibility index (Phi) is 4.68. The average molecular weight is 384 g/mol. The molecule has 6 heteroatoms. The maximum Gasteiger partial charge on any atom is 0.135 e. The lowest BCUT2D eigenvalue weighted by molar-refractivity contribution is 0.458. The number of rotatable bonds is 0. The van der Waals surface area contributed by atoms with Crippen molar-refractivity contribution < 1.29 is 26.3 Å². The number of halogens is 6. The SMILES string of the molecule is Fc1c2c(F)c3c(F)c1CCCc1c(F)c(c(F)c(c1F)CCC3)CCC2. The molecule has 0 fully saturated rings. The van der Waals surface area contributed by atoms with E-state index in [-0.39, 0.29) is 91.2 Å². The fraction of sp³-hybridized carbons (Fsp3) is 0.429. The van der Waals surface area contributed by atoms with E-state index in [1.807, 2.05) is 0 Å². The van der Waals surface area contributed by atoms with E-state index in [1.165, 1.54) is 0 Å². The number of fused-ring (bicyclic) bond motifs is 6. The highest BCUT2D eigenvalue weighted by molar-refractivity contribution is 5.40. The Balaban J connectivity index is 1.98. The molecule has 0 N–H and O–H groups in total. The van der Waals surface area contributed by atoms with E-state index in [2.05, 4.69) is 0 Å². The number of hydrogen-bond donors (Lipinski definition) is 0. The summed E-state index contributed by atoms with van der Waals surface area (Å²) in [7, 11) is 0. The highest BCUT2D eigenvalue weighted by atomic mass is 19.2. The maximum absolute atomic E-state index is 14.8. The van der Waals surface area contributed by atoms with Crippen LogP contribution in [0, 0.1) is 34.9 Å². The second-order valence-electron chi connectivity index (χ2n) is 7.32. The summed E-state index contributed by atoms with van der Waals surface area (Å²) in [6.07, 6.45) is -0.350. The molecule has 0 heterocycles. The topological polar surface area (TPSA) is 0 Å². The summed E-state index contributed by atoms with van der Waals surface area (Å²) in [6.45, 7) is 0. The van der Waals surface area contributed by atoms with Gasteiger partial charge in [-0.2, -0.15) is 0 Å². The summed E-state index contributed by atoms with van der Waals surface area (Å²) in [5, 5.41) is 0. The molecule has 0 amide bonds. The molecule has 6 bridgehead atoms. The Morgan fingerprint density at radius 2 is 0.444 bits per heavy atom. The Morgan fingerprint density at radius 1 is 0.296 bits per heavy atom. The summed E-state index contributed by atoms with van der Waals surface area (Å²) in [5.41, 5.74) is -1.30. The third-order valence-corrected chi connectivity index (χ3v) is 5.74. The van der Waals surface area contributed by atoms with Crippen molar-refractivity contribution in [2.45, 2.75) is 57.8 Å². The summed E-state index contributed by atoms with van der Waals surface area (Å²) < 4.78 is 88.7. The van der Waals surface area contributed by atoms with Crippen LogP contribution in [0.4, 0.5) is 26.3 Å². The molecule has 27 heavy (non-hydrogen) atoms. The van der Waals surface area contributed by atoms with Gasteiger partial charge in [0, 0.05) is 33.4 Å². The van der Waals surface area contributed by atoms with Gasteiger partial charge in [-0.1, -0.05) is 0 Å². The van der Waals surface area contributed by atoms with Crippen molar-refractivity contribution in [2.75, 3.05) is 0 Å². The van der Waals surface area contributed by atoms with Crippen LogP contribution >= 0.6 is 0 Å². The Labute approximate surface area is 153 Å². The summed E-state index contributed by atoms with van der Waals surface area (Å²) in [6, 6.07) is 0. The fourth-order valence-electron chi connectivity index (χ4n) is 4.31. The van der Waals surface area contributed by atoms with E-state index >= 15 is 0 Å². The smallest absolute Gasteiger partial charge is 0.135 e. The molecule has 0 atom stereocenters. The van der Waals surface area contributed by atoms with Crippen molar-refractivity contribution in [2.24, 2.45) is 0 Å². The van der Waals surface area contributed by atoms with Crippen molar-refractivity contribution in [1.82, 2.24) is 0 Å². The minimum Gasteiger partial charge on any atom is -0.206 e. The monoisotopic (exact) mass is 384 g/mol.